The number of rotatable bonds is 5. The van der Waals surface area contributed by atoms with Crippen LogP contribution in [0.1, 0.15) is 33.0 Å². The van der Waals surface area contributed by atoms with E-state index in [4.69, 9.17) is 0 Å². The molecule has 0 fully saturated rings. The lowest BCUT2D eigenvalue weighted by Crippen LogP contribution is -2.42. The van der Waals surface area contributed by atoms with Gasteiger partial charge in [0.1, 0.15) is 6.54 Å². The lowest BCUT2D eigenvalue weighted by Gasteiger charge is -2.15. The van der Waals surface area contributed by atoms with Crippen molar-refractivity contribution in [3.05, 3.63) is 30.2 Å². The molecule has 0 spiro atoms. The molecule has 0 saturated heterocycles. The van der Waals surface area contributed by atoms with Crippen molar-refractivity contribution in [1.82, 2.24) is 25.2 Å². The lowest BCUT2D eigenvalue weighted by atomic mass is 10.3. The standard InChI is InChI=1S/C14H22N6/c1-4-11(3)17-14(15-5-2)16-10-13-19-18-12-8-6-7-9-20(12)13/h6-9,11H,4-5,10H2,1-3H3,(H2,15,16,17). The smallest absolute Gasteiger partial charge is 0.191 e. The highest BCUT2D eigenvalue weighted by molar-refractivity contribution is 5.79. The van der Waals surface area contributed by atoms with Crippen molar-refractivity contribution in [2.75, 3.05) is 6.54 Å². The molecule has 6 heteroatoms. The predicted molar refractivity (Wildman–Crippen MR) is 80.7 cm³/mol. The summed E-state index contributed by atoms with van der Waals surface area (Å²) >= 11 is 0. The third kappa shape index (κ3) is 3.46. The molecule has 2 aromatic rings. The van der Waals surface area contributed by atoms with E-state index in [1.54, 1.807) is 0 Å². The quantitative estimate of drug-likeness (QED) is 0.642. The topological polar surface area (TPSA) is 66.6 Å². The molecule has 1 unspecified atom stereocenters. The number of hydrogen-bond acceptors (Lipinski definition) is 3. The van der Waals surface area contributed by atoms with Gasteiger partial charge in [0.15, 0.2) is 17.4 Å². The Morgan fingerprint density at radius 2 is 2.20 bits per heavy atom. The van der Waals surface area contributed by atoms with Crippen molar-refractivity contribution in [1.29, 1.82) is 0 Å². The van der Waals surface area contributed by atoms with Gasteiger partial charge >= 0.3 is 0 Å². The molecule has 0 aliphatic carbocycles. The molecule has 108 valence electrons. The normalized spacial score (nSPS) is 13.4. The highest BCUT2D eigenvalue weighted by Crippen LogP contribution is 2.03. The van der Waals surface area contributed by atoms with Gasteiger partial charge in [-0.05, 0) is 32.4 Å². The van der Waals surface area contributed by atoms with E-state index in [0.717, 1.165) is 30.4 Å². The van der Waals surface area contributed by atoms with Crippen LogP contribution in [-0.4, -0.2) is 33.1 Å². The van der Waals surface area contributed by atoms with Crippen molar-refractivity contribution in [2.24, 2.45) is 4.99 Å². The molecule has 0 saturated carbocycles. The summed E-state index contributed by atoms with van der Waals surface area (Å²) in [6.07, 6.45) is 3.01. The van der Waals surface area contributed by atoms with Crippen LogP contribution in [0, 0.1) is 0 Å². The molecule has 0 aliphatic heterocycles. The van der Waals surface area contributed by atoms with Crippen LogP contribution in [0.15, 0.2) is 29.4 Å². The number of fused-ring (bicyclic) bond motifs is 1. The van der Waals surface area contributed by atoms with Crippen LogP contribution in [0.5, 0.6) is 0 Å². The lowest BCUT2D eigenvalue weighted by molar-refractivity contribution is 0.623. The molecule has 2 aromatic heterocycles. The Morgan fingerprint density at radius 3 is 2.95 bits per heavy atom. The van der Waals surface area contributed by atoms with Gasteiger partial charge in [-0.3, -0.25) is 4.40 Å². The number of hydrogen-bond donors (Lipinski definition) is 2. The summed E-state index contributed by atoms with van der Waals surface area (Å²) in [4.78, 5) is 4.57. The second kappa shape index (κ2) is 6.88. The first kappa shape index (κ1) is 14.3. The molecule has 2 rings (SSSR count). The summed E-state index contributed by atoms with van der Waals surface area (Å²) in [5.74, 6) is 1.65. The third-order valence-corrected chi connectivity index (χ3v) is 3.10. The predicted octanol–water partition coefficient (Wildman–Crippen LogP) is 1.58. The number of aromatic nitrogens is 3. The zero-order valence-electron chi connectivity index (χ0n) is 12.3. The van der Waals surface area contributed by atoms with Crippen LogP contribution in [0.25, 0.3) is 5.65 Å². The first-order valence-corrected chi connectivity index (χ1v) is 7.08. The van der Waals surface area contributed by atoms with Crippen LogP contribution in [0.3, 0.4) is 0 Å². The molecule has 0 amide bonds. The Kier molecular flexibility index (Phi) is 4.92. The van der Waals surface area contributed by atoms with Crippen LogP contribution >= 0.6 is 0 Å². The first-order valence-electron chi connectivity index (χ1n) is 7.08. The summed E-state index contributed by atoms with van der Waals surface area (Å²) < 4.78 is 1.95. The maximum Gasteiger partial charge on any atom is 0.191 e. The average molecular weight is 274 g/mol. The average Bonchev–Trinajstić information content (AvgIpc) is 2.88. The van der Waals surface area contributed by atoms with Gasteiger partial charge in [-0.25, -0.2) is 4.99 Å². The summed E-state index contributed by atoms with van der Waals surface area (Å²) in [5.41, 5.74) is 0.845. The first-order chi connectivity index (χ1) is 9.74. The molecule has 0 aliphatic rings. The zero-order chi connectivity index (χ0) is 14.4. The highest BCUT2D eigenvalue weighted by atomic mass is 15.3. The molecule has 1 atom stereocenters. The molecule has 0 aromatic carbocycles. The second-order valence-corrected chi connectivity index (χ2v) is 4.69. The fourth-order valence-electron chi connectivity index (χ4n) is 1.80. The maximum atomic E-state index is 4.57. The van der Waals surface area contributed by atoms with Gasteiger partial charge in [0.05, 0.1) is 0 Å². The van der Waals surface area contributed by atoms with Gasteiger partial charge in [-0.1, -0.05) is 13.0 Å². The van der Waals surface area contributed by atoms with E-state index in [1.165, 1.54) is 0 Å². The summed E-state index contributed by atoms with van der Waals surface area (Å²) in [5, 5.41) is 14.9. The Labute approximate surface area is 119 Å². The SMILES string of the molecule is CCNC(=NCc1nnc2ccccn12)NC(C)CC. The van der Waals surface area contributed by atoms with Crippen molar-refractivity contribution >= 4 is 11.6 Å². The molecule has 2 N–H and O–H groups in total. The van der Waals surface area contributed by atoms with E-state index < -0.39 is 0 Å². The molecule has 0 radical (unpaired) electrons. The highest BCUT2D eigenvalue weighted by Gasteiger charge is 2.06. The Hall–Kier alpha value is -2.11. The third-order valence-electron chi connectivity index (χ3n) is 3.10. The monoisotopic (exact) mass is 274 g/mol. The van der Waals surface area contributed by atoms with Crippen molar-refractivity contribution < 1.29 is 0 Å². The van der Waals surface area contributed by atoms with E-state index in [2.05, 4.69) is 46.6 Å². The minimum absolute atomic E-state index is 0.392. The Balaban J connectivity index is 2.12. The van der Waals surface area contributed by atoms with E-state index in [1.807, 2.05) is 28.8 Å². The second-order valence-electron chi connectivity index (χ2n) is 4.69. The van der Waals surface area contributed by atoms with Crippen molar-refractivity contribution in [3.63, 3.8) is 0 Å². The number of pyridine rings is 1. The van der Waals surface area contributed by atoms with E-state index >= 15 is 0 Å². The van der Waals surface area contributed by atoms with Gasteiger partial charge in [0, 0.05) is 18.8 Å². The van der Waals surface area contributed by atoms with Crippen LogP contribution < -0.4 is 10.6 Å². The molecular formula is C14H22N6. The molecule has 2 heterocycles. The Morgan fingerprint density at radius 1 is 1.35 bits per heavy atom. The van der Waals surface area contributed by atoms with Gasteiger partial charge in [-0.2, -0.15) is 0 Å². The maximum absolute atomic E-state index is 4.57. The van der Waals surface area contributed by atoms with Crippen LogP contribution in [0.4, 0.5) is 0 Å². The van der Waals surface area contributed by atoms with Crippen LogP contribution in [0.2, 0.25) is 0 Å². The fraction of sp³-hybridized carbons (Fsp3) is 0.500. The van der Waals surface area contributed by atoms with Crippen molar-refractivity contribution in [2.45, 2.75) is 39.8 Å². The van der Waals surface area contributed by atoms with Crippen molar-refractivity contribution in [3.8, 4) is 0 Å². The minimum Gasteiger partial charge on any atom is -0.357 e. The summed E-state index contributed by atoms with van der Waals surface area (Å²) in [7, 11) is 0. The minimum atomic E-state index is 0.392. The number of nitrogens with zero attached hydrogens (tertiary/aromatic N) is 4. The molecular weight excluding hydrogens is 252 g/mol. The fourth-order valence-corrected chi connectivity index (χ4v) is 1.80. The Bertz CT molecular complexity index is 574. The van der Waals surface area contributed by atoms with E-state index in [9.17, 15) is 0 Å². The summed E-state index contributed by atoms with van der Waals surface area (Å²) in [6, 6.07) is 6.24. The largest absolute Gasteiger partial charge is 0.357 e. The molecule has 20 heavy (non-hydrogen) atoms. The van der Waals surface area contributed by atoms with Crippen LogP contribution in [-0.2, 0) is 6.54 Å². The van der Waals surface area contributed by atoms with E-state index in [-0.39, 0.29) is 0 Å². The molecule has 0 bridgehead atoms. The zero-order valence-corrected chi connectivity index (χ0v) is 12.3. The number of aliphatic imine (C=N–C) groups is 1. The number of nitrogens with one attached hydrogen (secondary N) is 2. The van der Waals surface area contributed by atoms with Gasteiger partial charge in [-0.15, -0.1) is 10.2 Å². The van der Waals surface area contributed by atoms with Gasteiger partial charge in [0.2, 0.25) is 0 Å². The van der Waals surface area contributed by atoms with E-state index in [0.29, 0.717) is 12.6 Å². The van der Waals surface area contributed by atoms with Gasteiger partial charge in [0.25, 0.3) is 0 Å². The number of guanidine groups is 1. The molecule has 6 nitrogen and oxygen atoms in total. The van der Waals surface area contributed by atoms with Gasteiger partial charge < -0.3 is 10.6 Å². The summed E-state index contributed by atoms with van der Waals surface area (Å²) in [6.45, 7) is 7.67.